The fourth-order valence-corrected chi connectivity index (χ4v) is 2.47. The van der Waals surface area contributed by atoms with E-state index in [1.807, 2.05) is 16.8 Å². The molecule has 2 N–H and O–H groups in total. The maximum Gasteiger partial charge on any atom is 0.0729 e. The Kier molecular flexibility index (Phi) is 3.53. The number of hydrogen-bond donors (Lipinski definition) is 2. The topological polar surface area (TPSA) is 50.1 Å². The number of nitrogens with one attached hydrogen (secondary N) is 1. The number of aliphatic hydroxyl groups is 1. The zero-order valence-electron chi connectivity index (χ0n) is 11.3. The smallest absolute Gasteiger partial charge is 0.0729 e. The molecule has 1 unspecified atom stereocenters. The van der Waals surface area contributed by atoms with Crippen LogP contribution in [0.15, 0.2) is 24.3 Å². The van der Waals surface area contributed by atoms with Gasteiger partial charge in [-0.25, -0.2) is 0 Å². The van der Waals surface area contributed by atoms with Crippen LogP contribution in [-0.4, -0.2) is 33.6 Å². The Balaban J connectivity index is 1.75. The second-order valence-corrected chi connectivity index (χ2v) is 5.32. The number of benzene rings is 1. The fourth-order valence-electron chi connectivity index (χ4n) is 2.47. The van der Waals surface area contributed by atoms with Crippen molar-refractivity contribution >= 4 is 10.9 Å². The molecule has 1 heterocycles. The maximum atomic E-state index is 10.1. The molecule has 0 aliphatic heterocycles. The summed E-state index contributed by atoms with van der Waals surface area (Å²) in [7, 11) is 0. The molecule has 1 atom stereocenters. The van der Waals surface area contributed by atoms with Gasteiger partial charge in [-0.3, -0.25) is 4.68 Å². The van der Waals surface area contributed by atoms with Crippen LogP contribution in [0.3, 0.4) is 0 Å². The van der Waals surface area contributed by atoms with E-state index in [-0.39, 0.29) is 6.10 Å². The molecule has 0 spiro atoms. The average Bonchev–Trinajstić information content (AvgIpc) is 3.20. The molecular formula is C15H21N3O. The van der Waals surface area contributed by atoms with E-state index < -0.39 is 0 Å². The summed E-state index contributed by atoms with van der Waals surface area (Å²) in [4.78, 5) is 0. The molecule has 0 radical (unpaired) electrons. The number of hydrogen-bond acceptors (Lipinski definition) is 3. The highest BCUT2D eigenvalue weighted by atomic mass is 16.3. The first-order chi connectivity index (χ1) is 9.28. The van der Waals surface area contributed by atoms with Gasteiger partial charge in [0.25, 0.3) is 0 Å². The largest absolute Gasteiger partial charge is 0.391 e. The SMILES string of the molecule is CCn1nc(CC(O)CNC2CC2)c2ccccc21. The van der Waals surface area contributed by atoms with E-state index in [1.54, 1.807) is 0 Å². The van der Waals surface area contributed by atoms with Gasteiger partial charge in [-0.2, -0.15) is 5.10 Å². The molecule has 1 aromatic carbocycles. The molecule has 1 aliphatic rings. The van der Waals surface area contributed by atoms with Crippen LogP contribution in [0.25, 0.3) is 10.9 Å². The summed E-state index contributed by atoms with van der Waals surface area (Å²) in [6, 6.07) is 8.88. The normalized spacial score (nSPS) is 16.9. The Morgan fingerprint density at radius 2 is 2.21 bits per heavy atom. The van der Waals surface area contributed by atoms with E-state index in [4.69, 9.17) is 0 Å². The standard InChI is InChI=1S/C15H21N3O/c1-2-18-15-6-4-3-5-13(15)14(17-18)9-12(19)10-16-11-7-8-11/h3-6,11-12,16,19H,2,7-10H2,1H3. The van der Waals surface area contributed by atoms with Crippen molar-refractivity contribution in [3.8, 4) is 0 Å². The summed E-state index contributed by atoms with van der Waals surface area (Å²) in [5.41, 5.74) is 2.16. The lowest BCUT2D eigenvalue weighted by atomic mass is 10.1. The van der Waals surface area contributed by atoms with Crippen LogP contribution in [0, 0.1) is 0 Å². The minimum atomic E-state index is -0.357. The summed E-state index contributed by atoms with van der Waals surface area (Å²) in [6.45, 7) is 3.61. The van der Waals surface area contributed by atoms with Gasteiger partial charge in [0.1, 0.15) is 0 Å². The minimum absolute atomic E-state index is 0.357. The van der Waals surface area contributed by atoms with Gasteiger partial charge in [-0.1, -0.05) is 18.2 Å². The summed E-state index contributed by atoms with van der Waals surface area (Å²) >= 11 is 0. The van der Waals surface area contributed by atoms with Gasteiger partial charge in [0.2, 0.25) is 0 Å². The van der Waals surface area contributed by atoms with E-state index in [9.17, 15) is 5.11 Å². The number of aromatic nitrogens is 2. The third-order valence-corrected chi connectivity index (χ3v) is 3.68. The summed E-state index contributed by atoms with van der Waals surface area (Å²) < 4.78 is 2.01. The quantitative estimate of drug-likeness (QED) is 0.830. The molecule has 102 valence electrons. The monoisotopic (exact) mass is 259 g/mol. The zero-order chi connectivity index (χ0) is 13.2. The molecular weight excluding hydrogens is 238 g/mol. The first-order valence-corrected chi connectivity index (χ1v) is 7.13. The van der Waals surface area contributed by atoms with Crippen molar-refractivity contribution in [1.82, 2.24) is 15.1 Å². The summed E-state index contributed by atoms with van der Waals surface area (Å²) in [5, 5.41) is 19.3. The number of aliphatic hydroxyl groups excluding tert-OH is 1. The summed E-state index contributed by atoms with van der Waals surface area (Å²) in [5.74, 6) is 0. The van der Waals surface area contributed by atoms with E-state index in [0.717, 1.165) is 23.1 Å². The van der Waals surface area contributed by atoms with Gasteiger partial charge in [0.05, 0.1) is 17.3 Å². The third-order valence-electron chi connectivity index (χ3n) is 3.68. The number of para-hydroxylation sites is 1. The highest BCUT2D eigenvalue weighted by molar-refractivity contribution is 5.81. The van der Waals surface area contributed by atoms with Gasteiger partial charge >= 0.3 is 0 Å². The van der Waals surface area contributed by atoms with Crippen LogP contribution in [0.5, 0.6) is 0 Å². The highest BCUT2D eigenvalue weighted by Gasteiger charge is 2.22. The van der Waals surface area contributed by atoms with E-state index >= 15 is 0 Å². The van der Waals surface area contributed by atoms with Crippen molar-refractivity contribution in [3.05, 3.63) is 30.0 Å². The first-order valence-electron chi connectivity index (χ1n) is 7.13. The lowest BCUT2D eigenvalue weighted by Crippen LogP contribution is -2.30. The molecule has 1 aromatic heterocycles. The molecule has 2 aromatic rings. The second kappa shape index (κ2) is 5.31. The van der Waals surface area contributed by atoms with Gasteiger partial charge < -0.3 is 10.4 Å². The molecule has 4 heteroatoms. The van der Waals surface area contributed by atoms with Crippen LogP contribution in [0.4, 0.5) is 0 Å². The average molecular weight is 259 g/mol. The number of aryl methyl sites for hydroxylation is 1. The van der Waals surface area contributed by atoms with Crippen molar-refractivity contribution in [2.75, 3.05) is 6.54 Å². The predicted molar refractivity (Wildman–Crippen MR) is 76.1 cm³/mol. The van der Waals surface area contributed by atoms with Crippen molar-refractivity contribution in [3.63, 3.8) is 0 Å². The van der Waals surface area contributed by atoms with E-state index in [1.165, 1.54) is 12.8 Å². The van der Waals surface area contributed by atoms with Gasteiger partial charge in [0, 0.05) is 30.9 Å². The molecule has 1 aliphatic carbocycles. The van der Waals surface area contributed by atoms with E-state index in [0.29, 0.717) is 19.0 Å². The predicted octanol–water partition coefficient (Wildman–Crippen LogP) is 1.71. The fraction of sp³-hybridized carbons (Fsp3) is 0.533. The Morgan fingerprint density at radius 1 is 1.42 bits per heavy atom. The van der Waals surface area contributed by atoms with Crippen molar-refractivity contribution in [1.29, 1.82) is 0 Å². The Bertz CT molecular complexity index is 560. The van der Waals surface area contributed by atoms with Crippen molar-refractivity contribution in [2.24, 2.45) is 0 Å². The first kappa shape index (κ1) is 12.6. The molecule has 0 amide bonds. The lowest BCUT2D eigenvalue weighted by molar-refractivity contribution is 0.170. The highest BCUT2D eigenvalue weighted by Crippen LogP contribution is 2.21. The number of fused-ring (bicyclic) bond motifs is 1. The second-order valence-electron chi connectivity index (χ2n) is 5.32. The molecule has 1 fully saturated rings. The number of rotatable bonds is 6. The molecule has 19 heavy (non-hydrogen) atoms. The Labute approximate surface area is 113 Å². The van der Waals surface area contributed by atoms with Crippen molar-refractivity contribution in [2.45, 2.75) is 44.9 Å². The van der Waals surface area contributed by atoms with E-state index in [2.05, 4.69) is 29.5 Å². The van der Waals surface area contributed by atoms with Crippen LogP contribution in [0.2, 0.25) is 0 Å². The van der Waals surface area contributed by atoms with Gasteiger partial charge in [0.15, 0.2) is 0 Å². The molecule has 3 rings (SSSR count). The van der Waals surface area contributed by atoms with Crippen LogP contribution >= 0.6 is 0 Å². The Hall–Kier alpha value is -1.39. The molecule has 4 nitrogen and oxygen atoms in total. The van der Waals surface area contributed by atoms with Crippen LogP contribution < -0.4 is 5.32 Å². The number of nitrogens with zero attached hydrogens (tertiary/aromatic N) is 2. The van der Waals surface area contributed by atoms with Crippen molar-refractivity contribution < 1.29 is 5.11 Å². The lowest BCUT2D eigenvalue weighted by Gasteiger charge is -2.09. The zero-order valence-corrected chi connectivity index (χ0v) is 11.3. The molecule has 0 bridgehead atoms. The third kappa shape index (κ3) is 2.80. The van der Waals surface area contributed by atoms with Gasteiger partial charge in [-0.15, -0.1) is 0 Å². The molecule has 1 saturated carbocycles. The van der Waals surface area contributed by atoms with Crippen LogP contribution in [0.1, 0.15) is 25.5 Å². The van der Waals surface area contributed by atoms with Crippen LogP contribution in [-0.2, 0) is 13.0 Å². The molecule has 0 saturated heterocycles. The van der Waals surface area contributed by atoms with Gasteiger partial charge in [-0.05, 0) is 25.8 Å². The summed E-state index contributed by atoms with van der Waals surface area (Å²) in [6.07, 6.45) is 2.76. The Morgan fingerprint density at radius 3 is 2.95 bits per heavy atom. The maximum absolute atomic E-state index is 10.1. The minimum Gasteiger partial charge on any atom is -0.391 e.